The van der Waals surface area contributed by atoms with Crippen LogP contribution in [0.4, 0.5) is 4.79 Å². The Morgan fingerprint density at radius 1 is 1.33 bits per heavy atom. The molecule has 0 aromatic heterocycles. The van der Waals surface area contributed by atoms with Crippen LogP contribution in [-0.2, 0) is 4.79 Å². The Bertz CT molecular complexity index is 366. The number of nitrogens with one attached hydrogen (secondary N) is 2. The predicted molar refractivity (Wildman–Crippen MR) is 82.2 cm³/mol. The molecule has 1 aliphatic heterocycles. The highest BCUT2D eigenvalue weighted by atomic mass is 16.4. The lowest BCUT2D eigenvalue weighted by atomic mass is 9.84. The van der Waals surface area contributed by atoms with Crippen molar-refractivity contribution in [3.63, 3.8) is 0 Å². The molecule has 1 heterocycles. The van der Waals surface area contributed by atoms with Crippen molar-refractivity contribution in [1.29, 1.82) is 0 Å². The van der Waals surface area contributed by atoms with E-state index >= 15 is 0 Å². The summed E-state index contributed by atoms with van der Waals surface area (Å²) >= 11 is 0. The summed E-state index contributed by atoms with van der Waals surface area (Å²) in [5.74, 6) is -0.915. The third-order valence-corrected chi connectivity index (χ3v) is 3.76. The number of urea groups is 1. The molecule has 21 heavy (non-hydrogen) atoms. The van der Waals surface area contributed by atoms with Gasteiger partial charge in [-0.2, -0.15) is 0 Å². The fraction of sp³-hybridized carbons (Fsp3) is 0.867. The van der Waals surface area contributed by atoms with Crippen molar-refractivity contribution < 1.29 is 14.7 Å². The summed E-state index contributed by atoms with van der Waals surface area (Å²) in [6.45, 7) is 8.89. The summed E-state index contributed by atoms with van der Waals surface area (Å²) in [6.07, 6.45) is 1.63. The van der Waals surface area contributed by atoms with Crippen molar-refractivity contribution in [1.82, 2.24) is 15.5 Å². The molecule has 1 saturated heterocycles. The average Bonchev–Trinajstić information content (AvgIpc) is 2.76. The van der Waals surface area contributed by atoms with Gasteiger partial charge in [0.25, 0.3) is 0 Å². The fourth-order valence-corrected chi connectivity index (χ4v) is 2.69. The molecule has 122 valence electrons. The van der Waals surface area contributed by atoms with Crippen molar-refractivity contribution >= 4 is 12.0 Å². The first-order valence-corrected chi connectivity index (χ1v) is 7.60. The highest BCUT2D eigenvalue weighted by Crippen LogP contribution is 2.24. The van der Waals surface area contributed by atoms with E-state index in [1.807, 2.05) is 20.8 Å². The number of hydrogen-bond acceptors (Lipinski definition) is 3. The number of carboxylic acids is 1. The van der Waals surface area contributed by atoms with Crippen LogP contribution in [0.25, 0.3) is 0 Å². The van der Waals surface area contributed by atoms with Gasteiger partial charge in [0.15, 0.2) is 0 Å². The van der Waals surface area contributed by atoms with Crippen molar-refractivity contribution in [2.45, 2.75) is 33.6 Å². The number of carboxylic acid groups (broad SMARTS) is 1. The minimum atomic E-state index is -0.859. The van der Waals surface area contributed by atoms with Gasteiger partial charge in [-0.3, -0.25) is 4.79 Å². The second kappa shape index (κ2) is 7.64. The maximum atomic E-state index is 11.7. The van der Waals surface area contributed by atoms with Gasteiger partial charge < -0.3 is 20.6 Å². The van der Waals surface area contributed by atoms with E-state index in [0.29, 0.717) is 18.9 Å². The Morgan fingerprint density at radius 3 is 2.48 bits per heavy atom. The Balaban J connectivity index is 2.28. The maximum Gasteiger partial charge on any atom is 0.314 e. The summed E-state index contributed by atoms with van der Waals surface area (Å²) in [5, 5.41) is 14.7. The molecule has 1 aliphatic rings. The van der Waals surface area contributed by atoms with Gasteiger partial charge in [-0.25, -0.2) is 4.79 Å². The zero-order valence-corrected chi connectivity index (χ0v) is 13.6. The lowest BCUT2D eigenvalue weighted by Gasteiger charge is -2.23. The van der Waals surface area contributed by atoms with E-state index in [1.54, 1.807) is 0 Å². The van der Waals surface area contributed by atoms with Crippen LogP contribution in [0.1, 0.15) is 33.6 Å². The SMILES string of the molecule is CN1CCC(CNC(=O)NCC(CC(C)(C)C)C(=O)O)C1. The Kier molecular flexibility index (Phi) is 6.45. The minimum absolute atomic E-state index is 0.0738. The number of hydrogen-bond donors (Lipinski definition) is 3. The Hall–Kier alpha value is -1.30. The van der Waals surface area contributed by atoms with Gasteiger partial charge in [0.2, 0.25) is 0 Å². The van der Waals surface area contributed by atoms with Crippen LogP contribution in [0.2, 0.25) is 0 Å². The number of amides is 2. The summed E-state index contributed by atoms with van der Waals surface area (Å²) in [6, 6.07) is -0.273. The van der Waals surface area contributed by atoms with Crippen LogP contribution in [0, 0.1) is 17.3 Å². The molecule has 1 rings (SSSR count). The van der Waals surface area contributed by atoms with Gasteiger partial charge in [-0.15, -0.1) is 0 Å². The molecule has 1 fully saturated rings. The molecule has 0 aliphatic carbocycles. The average molecular weight is 299 g/mol. The highest BCUT2D eigenvalue weighted by molar-refractivity contribution is 5.75. The topological polar surface area (TPSA) is 81.7 Å². The second-order valence-corrected chi connectivity index (χ2v) is 7.31. The Morgan fingerprint density at radius 2 is 2.00 bits per heavy atom. The number of carbonyl (C=O) groups excluding carboxylic acids is 1. The first-order valence-electron chi connectivity index (χ1n) is 7.60. The molecule has 0 bridgehead atoms. The lowest BCUT2D eigenvalue weighted by Crippen LogP contribution is -2.42. The number of nitrogens with zero attached hydrogens (tertiary/aromatic N) is 1. The van der Waals surface area contributed by atoms with Gasteiger partial charge in [-0.05, 0) is 37.8 Å². The van der Waals surface area contributed by atoms with Crippen LogP contribution in [-0.4, -0.2) is 55.2 Å². The summed E-state index contributed by atoms with van der Waals surface area (Å²) < 4.78 is 0. The van der Waals surface area contributed by atoms with E-state index in [-0.39, 0.29) is 18.0 Å². The summed E-state index contributed by atoms with van der Waals surface area (Å²) in [7, 11) is 2.07. The molecule has 0 saturated carbocycles. The number of likely N-dealkylation sites (tertiary alicyclic amines) is 1. The molecule has 2 atom stereocenters. The van der Waals surface area contributed by atoms with Crippen LogP contribution in [0.15, 0.2) is 0 Å². The van der Waals surface area contributed by atoms with Crippen LogP contribution in [0.3, 0.4) is 0 Å². The largest absolute Gasteiger partial charge is 0.481 e. The van der Waals surface area contributed by atoms with Crippen molar-refractivity contribution in [3.05, 3.63) is 0 Å². The summed E-state index contributed by atoms with van der Waals surface area (Å²) in [4.78, 5) is 25.2. The first kappa shape index (κ1) is 17.8. The minimum Gasteiger partial charge on any atom is -0.481 e. The van der Waals surface area contributed by atoms with Gasteiger partial charge >= 0.3 is 12.0 Å². The third-order valence-electron chi connectivity index (χ3n) is 3.76. The zero-order chi connectivity index (χ0) is 16.0. The van der Waals surface area contributed by atoms with Gasteiger partial charge in [-0.1, -0.05) is 20.8 Å². The van der Waals surface area contributed by atoms with Gasteiger partial charge in [0.1, 0.15) is 0 Å². The molecule has 0 spiro atoms. The predicted octanol–water partition coefficient (Wildman–Crippen LogP) is 1.37. The van der Waals surface area contributed by atoms with Crippen molar-refractivity contribution in [2.24, 2.45) is 17.3 Å². The normalized spacial score (nSPS) is 21.0. The van der Waals surface area contributed by atoms with E-state index in [0.717, 1.165) is 19.5 Å². The zero-order valence-electron chi connectivity index (χ0n) is 13.6. The smallest absolute Gasteiger partial charge is 0.314 e. The second-order valence-electron chi connectivity index (χ2n) is 7.31. The molecular weight excluding hydrogens is 270 g/mol. The molecule has 0 aromatic rings. The van der Waals surface area contributed by atoms with Gasteiger partial charge in [0.05, 0.1) is 5.92 Å². The van der Waals surface area contributed by atoms with Gasteiger partial charge in [0, 0.05) is 19.6 Å². The fourth-order valence-electron chi connectivity index (χ4n) is 2.69. The van der Waals surface area contributed by atoms with E-state index < -0.39 is 11.9 Å². The van der Waals surface area contributed by atoms with Crippen LogP contribution in [0.5, 0.6) is 0 Å². The van der Waals surface area contributed by atoms with Crippen molar-refractivity contribution in [3.8, 4) is 0 Å². The third kappa shape index (κ3) is 7.32. The van der Waals surface area contributed by atoms with E-state index in [9.17, 15) is 14.7 Å². The molecule has 3 N–H and O–H groups in total. The number of carbonyl (C=O) groups is 2. The quantitative estimate of drug-likeness (QED) is 0.692. The molecule has 2 amide bonds. The molecular formula is C15H29N3O3. The number of rotatable bonds is 6. The number of aliphatic carboxylic acids is 1. The molecule has 2 unspecified atom stereocenters. The summed E-state index contributed by atoms with van der Waals surface area (Å²) in [5.41, 5.74) is -0.0738. The molecule has 6 nitrogen and oxygen atoms in total. The molecule has 0 radical (unpaired) electrons. The maximum absolute atomic E-state index is 11.7. The van der Waals surface area contributed by atoms with E-state index in [1.165, 1.54) is 0 Å². The monoisotopic (exact) mass is 299 g/mol. The van der Waals surface area contributed by atoms with E-state index in [4.69, 9.17) is 0 Å². The Labute approximate surface area is 127 Å². The van der Waals surface area contributed by atoms with Crippen molar-refractivity contribution in [2.75, 3.05) is 33.2 Å². The van der Waals surface area contributed by atoms with E-state index in [2.05, 4.69) is 22.6 Å². The standard InChI is InChI=1S/C15H29N3O3/c1-15(2,3)7-12(13(19)20)9-17-14(21)16-8-11-5-6-18(4)10-11/h11-12H,5-10H2,1-4H3,(H,19,20)(H2,16,17,21). The molecule has 0 aromatic carbocycles. The van der Waals surface area contributed by atoms with Crippen LogP contribution >= 0.6 is 0 Å². The first-order chi connectivity index (χ1) is 9.67. The lowest BCUT2D eigenvalue weighted by molar-refractivity contribution is -0.142. The highest BCUT2D eigenvalue weighted by Gasteiger charge is 2.25. The van der Waals surface area contributed by atoms with Crippen LogP contribution < -0.4 is 10.6 Å². The molecule has 6 heteroatoms.